The Bertz CT molecular complexity index is 1090. The van der Waals surface area contributed by atoms with Crippen LogP contribution < -0.4 is 0 Å². The molecule has 1 unspecified atom stereocenters. The third kappa shape index (κ3) is 4.26. The van der Waals surface area contributed by atoms with Crippen LogP contribution >= 0.6 is 11.8 Å². The van der Waals surface area contributed by atoms with Gasteiger partial charge in [0.05, 0.1) is 11.6 Å². The van der Waals surface area contributed by atoms with Crippen molar-refractivity contribution in [2.75, 3.05) is 12.4 Å². The lowest BCUT2D eigenvalue weighted by atomic mass is 9.97. The molecule has 2 aromatic heterocycles. The summed E-state index contributed by atoms with van der Waals surface area (Å²) in [6.45, 7) is 3.61. The third-order valence-corrected chi connectivity index (χ3v) is 5.86. The topological polar surface area (TPSA) is 94.8 Å². The molecule has 0 bridgehead atoms. The molecule has 0 N–H and O–H groups in total. The van der Waals surface area contributed by atoms with Crippen molar-refractivity contribution in [3.05, 3.63) is 77.6 Å². The number of aromatic nitrogens is 2. The molecule has 1 aliphatic heterocycles. The number of pyridine rings is 1. The molecule has 4 rings (SSSR count). The van der Waals surface area contributed by atoms with E-state index in [2.05, 4.69) is 9.97 Å². The van der Waals surface area contributed by atoms with Gasteiger partial charge in [-0.15, -0.1) is 11.8 Å². The standard InChI is InChI=1S/C23H23N3O5S/c1-3-29-23(21(27)26(31-22(23)28)15-17-9-5-4-6-10-17)20-16(2)30-18(25-20)12-14-32-19-11-7-8-13-24-19/h4-11,13H,3,12,14-15H2,1-2H3. The van der Waals surface area contributed by atoms with E-state index in [1.165, 1.54) is 0 Å². The number of nitrogens with zero attached hydrogens (tertiary/aromatic N) is 3. The largest absolute Gasteiger partial charge is 0.446 e. The third-order valence-electron chi connectivity index (χ3n) is 4.92. The maximum absolute atomic E-state index is 13.4. The van der Waals surface area contributed by atoms with E-state index in [0.29, 0.717) is 23.8 Å². The fraction of sp³-hybridized carbons (Fsp3) is 0.304. The first-order valence-electron chi connectivity index (χ1n) is 10.3. The lowest BCUT2D eigenvalue weighted by Gasteiger charge is -2.20. The molecule has 9 heteroatoms. The smallest absolute Gasteiger partial charge is 0.380 e. The zero-order valence-electron chi connectivity index (χ0n) is 17.8. The normalized spacial score (nSPS) is 18.2. The van der Waals surface area contributed by atoms with Crippen molar-refractivity contribution in [1.82, 2.24) is 15.0 Å². The summed E-state index contributed by atoms with van der Waals surface area (Å²) in [5, 5.41) is 1.92. The van der Waals surface area contributed by atoms with Gasteiger partial charge in [0.15, 0.2) is 5.89 Å². The average molecular weight is 454 g/mol. The van der Waals surface area contributed by atoms with Crippen LogP contribution in [0.1, 0.15) is 29.8 Å². The summed E-state index contributed by atoms with van der Waals surface area (Å²) in [6.07, 6.45) is 2.24. The zero-order valence-corrected chi connectivity index (χ0v) is 18.6. The molecular weight excluding hydrogens is 430 g/mol. The predicted octanol–water partition coefficient (Wildman–Crippen LogP) is 3.45. The van der Waals surface area contributed by atoms with Crippen LogP contribution in [0.3, 0.4) is 0 Å². The van der Waals surface area contributed by atoms with E-state index < -0.39 is 17.5 Å². The Morgan fingerprint density at radius 3 is 2.62 bits per heavy atom. The quantitative estimate of drug-likeness (QED) is 0.359. The Morgan fingerprint density at radius 2 is 1.91 bits per heavy atom. The summed E-state index contributed by atoms with van der Waals surface area (Å²) in [5.74, 6) is 0.0201. The van der Waals surface area contributed by atoms with Crippen LogP contribution in [-0.4, -0.2) is 39.3 Å². The van der Waals surface area contributed by atoms with E-state index in [1.54, 1.807) is 31.8 Å². The number of rotatable bonds is 9. The summed E-state index contributed by atoms with van der Waals surface area (Å²) < 4.78 is 11.5. The number of aryl methyl sites for hydroxylation is 2. The Balaban J connectivity index is 1.55. The SMILES string of the molecule is CCOC1(c2nc(CCSc3ccccn3)oc2C)C(=O)ON(Cc2ccccc2)C1=O. The number of benzene rings is 1. The van der Waals surface area contributed by atoms with Crippen LogP contribution in [-0.2, 0) is 37.7 Å². The molecule has 1 saturated heterocycles. The lowest BCUT2D eigenvalue weighted by molar-refractivity contribution is -0.181. The van der Waals surface area contributed by atoms with Gasteiger partial charge in [0.25, 0.3) is 5.60 Å². The van der Waals surface area contributed by atoms with Crippen molar-refractivity contribution >= 4 is 23.6 Å². The van der Waals surface area contributed by atoms with Crippen molar-refractivity contribution in [3.8, 4) is 0 Å². The molecule has 166 valence electrons. The van der Waals surface area contributed by atoms with Gasteiger partial charge in [-0.1, -0.05) is 36.4 Å². The number of thioether (sulfide) groups is 1. The van der Waals surface area contributed by atoms with Crippen LogP contribution in [0.15, 0.2) is 64.2 Å². The number of hydroxylamine groups is 2. The van der Waals surface area contributed by atoms with Gasteiger partial charge in [-0.05, 0) is 31.5 Å². The van der Waals surface area contributed by atoms with E-state index in [1.807, 2.05) is 48.5 Å². The van der Waals surface area contributed by atoms with Crippen molar-refractivity contribution < 1.29 is 23.6 Å². The monoisotopic (exact) mass is 453 g/mol. The fourth-order valence-electron chi connectivity index (χ4n) is 3.49. The van der Waals surface area contributed by atoms with Gasteiger partial charge in [0, 0.05) is 25.0 Å². The number of hydrogen-bond donors (Lipinski definition) is 0. The Morgan fingerprint density at radius 1 is 1.12 bits per heavy atom. The second kappa shape index (κ2) is 9.54. The first kappa shape index (κ1) is 22.0. The van der Waals surface area contributed by atoms with Crippen molar-refractivity contribution in [1.29, 1.82) is 0 Å². The highest BCUT2D eigenvalue weighted by atomic mass is 32.2. The van der Waals surface area contributed by atoms with Gasteiger partial charge in [-0.25, -0.2) is 14.8 Å². The Labute approximate surface area is 189 Å². The van der Waals surface area contributed by atoms with Gasteiger partial charge in [0.2, 0.25) is 0 Å². The zero-order chi connectivity index (χ0) is 22.6. The minimum Gasteiger partial charge on any atom is -0.446 e. The average Bonchev–Trinajstić information content (AvgIpc) is 3.28. The van der Waals surface area contributed by atoms with Gasteiger partial charge >= 0.3 is 11.9 Å². The molecule has 0 saturated carbocycles. The molecule has 0 radical (unpaired) electrons. The minimum absolute atomic E-state index is 0.116. The van der Waals surface area contributed by atoms with E-state index in [9.17, 15) is 9.59 Å². The second-order valence-electron chi connectivity index (χ2n) is 7.10. The highest BCUT2D eigenvalue weighted by Crippen LogP contribution is 2.38. The fourth-order valence-corrected chi connectivity index (χ4v) is 4.28. The number of ether oxygens (including phenoxy) is 1. The molecule has 32 heavy (non-hydrogen) atoms. The van der Waals surface area contributed by atoms with Gasteiger partial charge in [-0.3, -0.25) is 4.79 Å². The Hall–Kier alpha value is -3.17. The molecule has 1 amide bonds. The van der Waals surface area contributed by atoms with Crippen molar-refractivity contribution in [3.63, 3.8) is 0 Å². The van der Waals surface area contributed by atoms with Crippen LogP contribution in [0.4, 0.5) is 0 Å². The molecule has 8 nitrogen and oxygen atoms in total. The molecule has 0 spiro atoms. The predicted molar refractivity (Wildman–Crippen MR) is 116 cm³/mol. The van der Waals surface area contributed by atoms with Gasteiger partial charge in [-0.2, -0.15) is 5.06 Å². The van der Waals surface area contributed by atoms with E-state index in [4.69, 9.17) is 14.0 Å². The second-order valence-corrected chi connectivity index (χ2v) is 8.21. The van der Waals surface area contributed by atoms with Crippen LogP contribution in [0.2, 0.25) is 0 Å². The number of carbonyl (C=O) groups is 2. The number of carbonyl (C=O) groups excluding carboxylic acids is 2. The molecular formula is C23H23N3O5S. The maximum Gasteiger partial charge on any atom is 0.380 e. The first-order valence-corrected chi connectivity index (χ1v) is 11.3. The van der Waals surface area contributed by atoms with Crippen LogP contribution in [0.5, 0.6) is 0 Å². The maximum atomic E-state index is 13.4. The highest BCUT2D eigenvalue weighted by molar-refractivity contribution is 7.99. The van der Waals surface area contributed by atoms with E-state index in [-0.39, 0.29) is 18.8 Å². The van der Waals surface area contributed by atoms with Crippen LogP contribution in [0.25, 0.3) is 0 Å². The van der Waals surface area contributed by atoms with Crippen LogP contribution in [0, 0.1) is 6.92 Å². The van der Waals surface area contributed by atoms with E-state index in [0.717, 1.165) is 15.7 Å². The van der Waals surface area contributed by atoms with E-state index >= 15 is 0 Å². The number of oxazole rings is 1. The number of hydrogen-bond acceptors (Lipinski definition) is 8. The number of amides is 1. The lowest BCUT2D eigenvalue weighted by Crippen LogP contribution is -2.44. The molecule has 1 atom stereocenters. The van der Waals surface area contributed by atoms with Crippen molar-refractivity contribution in [2.45, 2.75) is 37.4 Å². The highest BCUT2D eigenvalue weighted by Gasteiger charge is 2.62. The minimum atomic E-state index is -1.97. The summed E-state index contributed by atoms with van der Waals surface area (Å²) in [7, 11) is 0. The molecule has 1 fully saturated rings. The molecule has 0 aliphatic carbocycles. The van der Waals surface area contributed by atoms with Crippen molar-refractivity contribution in [2.24, 2.45) is 0 Å². The molecule has 1 aliphatic rings. The summed E-state index contributed by atoms with van der Waals surface area (Å²) in [6, 6.07) is 15.0. The summed E-state index contributed by atoms with van der Waals surface area (Å²) in [4.78, 5) is 40.4. The molecule has 3 heterocycles. The Kier molecular flexibility index (Phi) is 6.57. The summed E-state index contributed by atoms with van der Waals surface area (Å²) >= 11 is 1.57. The summed E-state index contributed by atoms with van der Waals surface area (Å²) in [5.41, 5.74) is -1.00. The van der Waals surface area contributed by atoms with Gasteiger partial charge < -0.3 is 14.0 Å². The molecule has 3 aromatic rings. The first-order chi connectivity index (χ1) is 15.5. The van der Waals surface area contributed by atoms with Gasteiger partial charge in [0.1, 0.15) is 11.5 Å². The molecule has 1 aromatic carbocycles.